The number of nitrogens with zero attached hydrogens (tertiary/aromatic N) is 2. The second-order valence-corrected chi connectivity index (χ2v) is 4.55. The Balaban J connectivity index is 2.17. The van der Waals surface area contributed by atoms with E-state index in [-0.39, 0.29) is 6.04 Å². The highest BCUT2D eigenvalue weighted by molar-refractivity contribution is 6.03. The van der Waals surface area contributed by atoms with Crippen molar-refractivity contribution in [3.05, 3.63) is 65.7 Å². The summed E-state index contributed by atoms with van der Waals surface area (Å²) in [5, 5.41) is 0. The zero-order chi connectivity index (χ0) is 13.2. The van der Waals surface area contributed by atoms with Crippen LogP contribution in [0.15, 0.2) is 59.6 Å². The molecule has 0 aromatic heterocycles. The minimum absolute atomic E-state index is 0.274. The highest BCUT2D eigenvalue weighted by Gasteiger charge is 2.27. The van der Waals surface area contributed by atoms with Gasteiger partial charge in [0.2, 0.25) is 0 Å². The summed E-state index contributed by atoms with van der Waals surface area (Å²) in [7, 11) is 1.90. The van der Waals surface area contributed by atoms with Crippen LogP contribution in [0.2, 0.25) is 0 Å². The van der Waals surface area contributed by atoms with Crippen LogP contribution in [0.25, 0.3) is 0 Å². The molecule has 1 heterocycles. The Kier molecular flexibility index (Phi) is 2.88. The second-order valence-electron chi connectivity index (χ2n) is 4.55. The molecule has 19 heavy (non-hydrogen) atoms. The molecule has 2 aromatic carbocycles. The van der Waals surface area contributed by atoms with E-state index in [0.29, 0.717) is 0 Å². The third-order valence-electron chi connectivity index (χ3n) is 3.39. The lowest BCUT2D eigenvalue weighted by Gasteiger charge is -2.32. The van der Waals surface area contributed by atoms with Crippen molar-refractivity contribution < 1.29 is 4.79 Å². The molecular weight excluding hydrogens is 236 g/mol. The van der Waals surface area contributed by atoms with E-state index in [1.54, 1.807) is 0 Å². The summed E-state index contributed by atoms with van der Waals surface area (Å²) in [6, 6.07) is 17.4. The molecule has 3 rings (SSSR count). The Bertz CT molecular complexity index is 634. The third kappa shape index (κ3) is 1.93. The molecule has 0 fully saturated rings. The number of para-hydroxylation sites is 1. The zero-order valence-electron chi connectivity index (χ0n) is 10.7. The standard InChI is InChI=1S/C16H14N2O/c1-18-15(11-19)13-9-5-6-10-14(13)17-16(18)12-7-3-2-4-8-12/h2-11,15H,1H3. The summed E-state index contributed by atoms with van der Waals surface area (Å²) in [4.78, 5) is 18.0. The Morgan fingerprint density at radius 3 is 2.47 bits per heavy atom. The number of amidine groups is 1. The first-order valence-corrected chi connectivity index (χ1v) is 6.22. The number of rotatable bonds is 2. The molecule has 94 valence electrons. The number of aliphatic imine (C=N–C) groups is 1. The van der Waals surface area contributed by atoms with Gasteiger partial charge < -0.3 is 9.69 Å². The van der Waals surface area contributed by atoms with Crippen molar-refractivity contribution in [2.45, 2.75) is 6.04 Å². The summed E-state index contributed by atoms with van der Waals surface area (Å²) < 4.78 is 0. The Labute approximate surface area is 112 Å². The van der Waals surface area contributed by atoms with E-state index in [9.17, 15) is 4.79 Å². The number of hydrogen-bond donors (Lipinski definition) is 0. The zero-order valence-corrected chi connectivity index (χ0v) is 10.7. The minimum atomic E-state index is -0.274. The number of likely N-dealkylation sites (N-methyl/N-ethyl adjacent to an activating group) is 1. The molecule has 0 spiro atoms. The van der Waals surface area contributed by atoms with E-state index in [1.165, 1.54) is 0 Å². The monoisotopic (exact) mass is 250 g/mol. The van der Waals surface area contributed by atoms with E-state index in [4.69, 9.17) is 0 Å². The van der Waals surface area contributed by atoms with Gasteiger partial charge in [-0.15, -0.1) is 0 Å². The molecule has 0 aliphatic carbocycles. The fourth-order valence-electron chi connectivity index (χ4n) is 2.39. The average Bonchev–Trinajstić information content (AvgIpc) is 2.47. The molecule has 0 amide bonds. The number of fused-ring (bicyclic) bond motifs is 1. The van der Waals surface area contributed by atoms with Gasteiger partial charge in [-0.05, 0) is 6.07 Å². The van der Waals surface area contributed by atoms with Crippen LogP contribution in [0.3, 0.4) is 0 Å². The van der Waals surface area contributed by atoms with Crippen molar-refractivity contribution in [2.75, 3.05) is 7.05 Å². The van der Waals surface area contributed by atoms with Crippen LogP contribution in [0.1, 0.15) is 17.2 Å². The van der Waals surface area contributed by atoms with Gasteiger partial charge >= 0.3 is 0 Å². The second kappa shape index (κ2) is 4.69. The van der Waals surface area contributed by atoms with Crippen molar-refractivity contribution in [3.63, 3.8) is 0 Å². The predicted octanol–water partition coefficient (Wildman–Crippen LogP) is 2.95. The summed E-state index contributed by atoms with van der Waals surface area (Å²) in [5.41, 5.74) is 2.85. The van der Waals surface area contributed by atoms with Gasteiger partial charge in [0.25, 0.3) is 0 Å². The van der Waals surface area contributed by atoms with E-state index in [0.717, 1.165) is 28.9 Å². The van der Waals surface area contributed by atoms with Crippen molar-refractivity contribution in [3.8, 4) is 0 Å². The minimum Gasteiger partial charge on any atom is -0.345 e. The molecule has 3 heteroatoms. The van der Waals surface area contributed by atoms with Crippen molar-refractivity contribution in [1.29, 1.82) is 0 Å². The van der Waals surface area contributed by atoms with Gasteiger partial charge in [-0.2, -0.15) is 0 Å². The van der Waals surface area contributed by atoms with E-state index < -0.39 is 0 Å². The number of carbonyl (C=O) groups excluding carboxylic acids is 1. The van der Waals surface area contributed by atoms with Crippen LogP contribution in [0.4, 0.5) is 5.69 Å². The maximum atomic E-state index is 11.4. The van der Waals surface area contributed by atoms with Crippen molar-refractivity contribution in [2.24, 2.45) is 4.99 Å². The van der Waals surface area contributed by atoms with Crippen LogP contribution in [0, 0.1) is 0 Å². The molecule has 0 N–H and O–H groups in total. The fourth-order valence-corrected chi connectivity index (χ4v) is 2.39. The maximum Gasteiger partial charge on any atom is 0.147 e. The smallest absolute Gasteiger partial charge is 0.147 e. The summed E-state index contributed by atoms with van der Waals surface area (Å²) in [6.45, 7) is 0. The van der Waals surface area contributed by atoms with Gasteiger partial charge in [-0.3, -0.25) is 0 Å². The molecule has 2 aromatic rings. The predicted molar refractivity (Wildman–Crippen MR) is 75.6 cm³/mol. The SMILES string of the molecule is CN1C(c2ccccc2)=Nc2ccccc2C1C=O. The Morgan fingerprint density at radius 2 is 1.74 bits per heavy atom. The molecule has 0 radical (unpaired) electrons. The highest BCUT2D eigenvalue weighted by Crippen LogP contribution is 2.33. The van der Waals surface area contributed by atoms with E-state index in [2.05, 4.69) is 4.99 Å². The van der Waals surface area contributed by atoms with Gasteiger partial charge in [0.05, 0.1) is 5.69 Å². The fraction of sp³-hybridized carbons (Fsp3) is 0.125. The summed E-state index contributed by atoms with van der Waals surface area (Å²) >= 11 is 0. The van der Waals surface area contributed by atoms with Crippen LogP contribution in [-0.2, 0) is 4.79 Å². The summed E-state index contributed by atoms with van der Waals surface area (Å²) in [6.07, 6.45) is 0.969. The number of hydrogen-bond acceptors (Lipinski definition) is 3. The molecule has 0 bridgehead atoms. The van der Waals surface area contributed by atoms with Crippen LogP contribution in [-0.4, -0.2) is 24.1 Å². The average molecular weight is 250 g/mol. The number of benzene rings is 2. The molecule has 3 nitrogen and oxygen atoms in total. The Hall–Kier alpha value is -2.42. The maximum absolute atomic E-state index is 11.4. The van der Waals surface area contributed by atoms with Gasteiger partial charge in [-0.25, -0.2) is 4.99 Å². The normalized spacial score (nSPS) is 17.6. The van der Waals surface area contributed by atoms with Crippen LogP contribution < -0.4 is 0 Å². The van der Waals surface area contributed by atoms with Gasteiger partial charge in [0.1, 0.15) is 18.2 Å². The number of carbonyl (C=O) groups is 1. The lowest BCUT2D eigenvalue weighted by atomic mass is 10.0. The largest absolute Gasteiger partial charge is 0.345 e. The van der Waals surface area contributed by atoms with Crippen molar-refractivity contribution >= 4 is 17.8 Å². The lowest BCUT2D eigenvalue weighted by molar-refractivity contribution is -0.111. The van der Waals surface area contributed by atoms with Crippen LogP contribution >= 0.6 is 0 Å². The molecule has 0 saturated carbocycles. The first-order valence-electron chi connectivity index (χ1n) is 6.22. The molecule has 1 aliphatic heterocycles. The summed E-state index contributed by atoms with van der Waals surface area (Å²) in [5.74, 6) is 0.830. The third-order valence-corrected chi connectivity index (χ3v) is 3.39. The highest BCUT2D eigenvalue weighted by atomic mass is 16.1. The van der Waals surface area contributed by atoms with Gasteiger partial charge in [0.15, 0.2) is 0 Å². The first kappa shape index (κ1) is 11.7. The van der Waals surface area contributed by atoms with Crippen molar-refractivity contribution in [1.82, 2.24) is 4.90 Å². The molecule has 1 atom stereocenters. The van der Waals surface area contributed by atoms with E-state index >= 15 is 0 Å². The molecular formula is C16H14N2O. The van der Waals surface area contributed by atoms with Gasteiger partial charge in [-0.1, -0.05) is 48.5 Å². The quantitative estimate of drug-likeness (QED) is 0.768. The topological polar surface area (TPSA) is 32.7 Å². The molecule has 1 unspecified atom stereocenters. The van der Waals surface area contributed by atoms with Crippen LogP contribution in [0.5, 0.6) is 0 Å². The van der Waals surface area contributed by atoms with E-state index in [1.807, 2.05) is 66.5 Å². The molecule has 0 saturated heterocycles. The number of aldehydes is 1. The molecule has 1 aliphatic rings. The lowest BCUT2D eigenvalue weighted by Crippen LogP contribution is -2.35. The Morgan fingerprint density at radius 1 is 1.05 bits per heavy atom. The van der Waals surface area contributed by atoms with Gasteiger partial charge in [0, 0.05) is 18.2 Å². The first-order chi connectivity index (χ1) is 9.31.